The highest BCUT2D eigenvalue weighted by molar-refractivity contribution is 6.69. The molecule has 0 aromatic carbocycles. The highest BCUT2D eigenvalue weighted by Crippen LogP contribution is 2.07. The number of carbonyl (C=O) groups is 1. The third-order valence-corrected chi connectivity index (χ3v) is 1.55. The monoisotopic (exact) mass is 205 g/mol. The van der Waals surface area contributed by atoms with Crippen LogP contribution in [-0.2, 0) is 9.26 Å². The van der Waals surface area contributed by atoms with Crippen LogP contribution in [0.3, 0.4) is 0 Å². The molecule has 0 bridgehead atoms. The molecule has 13 heavy (non-hydrogen) atoms. The molecule has 0 aliphatic heterocycles. The van der Waals surface area contributed by atoms with Crippen molar-refractivity contribution in [2.45, 2.75) is 46.0 Å². The Hall–Kier alpha value is -0.553. The van der Waals surface area contributed by atoms with Gasteiger partial charge in [0.2, 0.25) is 8.32 Å². The minimum absolute atomic E-state index is 0.479. The predicted octanol–water partition coefficient (Wildman–Crippen LogP) is 2.28. The molecule has 0 saturated carbocycles. The van der Waals surface area contributed by atoms with Crippen molar-refractivity contribution in [3.8, 4) is 0 Å². The smallest absolute Gasteiger partial charge is 0.430 e. The van der Waals surface area contributed by atoms with Crippen molar-refractivity contribution in [2.75, 3.05) is 0 Å². The van der Waals surface area contributed by atoms with Crippen LogP contribution in [0.5, 0.6) is 0 Å². The molecule has 0 fully saturated rings. The van der Waals surface area contributed by atoms with Gasteiger partial charge in [0.05, 0.1) is 0 Å². The molecule has 0 saturated heterocycles. The van der Waals surface area contributed by atoms with Crippen molar-refractivity contribution in [3.63, 3.8) is 0 Å². The summed E-state index contributed by atoms with van der Waals surface area (Å²) in [5, 5.41) is 0. The predicted molar refractivity (Wildman–Crippen MR) is 53.8 cm³/mol. The van der Waals surface area contributed by atoms with Crippen LogP contribution in [0.25, 0.3) is 0 Å². The van der Waals surface area contributed by atoms with Crippen molar-refractivity contribution < 1.29 is 14.1 Å². The third-order valence-electron chi connectivity index (χ3n) is 0.839. The van der Waals surface area contributed by atoms with Crippen molar-refractivity contribution >= 4 is 14.4 Å². The molecular formula is C8H19NO3Si. The van der Waals surface area contributed by atoms with Crippen LogP contribution in [0.1, 0.15) is 20.8 Å². The molecule has 0 heterocycles. The molecule has 4 nitrogen and oxygen atoms in total. The molecule has 0 unspecified atom stereocenters. The van der Waals surface area contributed by atoms with E-state index in [0.29, 0.717) is 0 Å². The maximum absolute atomic E-state index is 11.1. The molecule has 0 atom stereocenters. The average Bonchev–Trinajstić information content (AvgIpc) is 1.78. The summed E-state index contributed by atoms with van der Waals surface area (Å²) in [5.74, 6) is 0. The minimum atomic E-state index is -1.71. The normalized spacial score (nSPS) is 12.5. The Labute approximate surface area is 80.7 Å². The summed E-state index contributed by atoms with van der Waals surface area (Å²) in [5.41, 5.74) is 1.80. The van der Waals surface area contributed by atoms with E-state index in [-0.39, 0.29) is 0 Å². The van der Waals surface area contributed by atoms with Crippen molar-refractivity contribution in [2.24, 2.45) is 0 Å². The summed E-state index contributed by atoms with van der Waals surface area (Å²) >= 11 is 0. The highest BCUT2D eigenvalue weighted by Gasteiger charge is 2.20. The molecule has 0 aliphatic rings. The number of rotatable bonds is 2. The second-order valence-electron chi connectivity index (χ2n) is 4.82. The minimum Gasteiger partial charge on any atom is -0.442 e. The van der Waals surface area contributed by atoms with E-state index in [1.54, 1.807) is 20.8 Å². The maximum atomic E-state index is 11.1. The molecule has 0 aromatic rings. The van der Waals surface area contributed by atoms with Crippen LogP contribution >= 0.6 is 0 Å². The van der Waals surface area contributed by atoms with Gasteiger partial charge in [-0.1, -0.05) is 0 Å². The van der Waals surface area contributed by atoms with Crippen LogP contribution in [0, 0.1) is 0 Å². The number of hydrogen-bond donors (Lipinski definition) is 1. The first kappa shape index (κ1) is 12.4. The number of amides is 1. The average molecular weight is 205 g/mol. The summed E-state index contributed by atoms with van der Waals surface area (Å²) in [6, 6.07) is 0. The van der Waals surface area contributed by atoms with Crippen LogP contribution in [0.4, 0.5) is 4.79 Å². The summed E-state index contributed by atoms with van der Waals surface area (Å²) in [7, 11) is -1.71. The summed E-state index contributed by atoms with van der Waals surface area (Å²) in [6.45, 7) is 11.3. The van der Waals surface area contributed by atoms with Crippen molar-refractivity contribution in [1.82, 2.24) is 5.48 Å². The number of ether oxygens (including phenoxy) is 1. The maximum Gasteiger partial charge on any atom is 0.430 e. The molecule has 0 radical (unpaired) electrons. The fourth-order valence-electron chi connectivity index (χ4n) is 0.494. The molecule has 0 spiro atoms. The van der Waals surface area contributed by atoms with E-state index in [2.05, 4.69) is 5.48 Å². The molecule has 0 rings (SSSR count). The van der Waals surface area contributed by atoms with Crippen molar-refractivity contribution in [3.05, 3.63) is 0 Å². The first-order valence-electron chi connectivity index (χ1n) is 4.27. The van der Waals surface area contributed by atoms with Gasteiger partial charge in [0.25, 0.3) is 0 Å². The lowest BCUT2D eigenvalue weighted by Crippen LogP contribution is -2.40. The van der Waals surface area contributed by atoms with Crippen LogP contribution < -0.4 is 5.48 Å². The van der Waals surface area contributed by atoms with Crippen LogP contribution in [0.2, 0.25) is 19.6 Å². The van der Waals surface area contributed by atoms with Gasteiger partial charge >= 0.3 is 6.09 Å². The number of hydrogen-bond acceptors (Lipinski definition) is 3. The van der Waals surface area contributed by atoms with E-state index in [0.717, 1.165) is 0 Å². The Morgan fingerprint density at radius 1 is 1.23 bits per heavy atom. The Balaban J connectivity index is 3.78. The first-order valence-corrected chi connectivity index (χ1v) is 7.68. The van der Waals surface area contributed by atoms with Gasteiger partial charge in [-0.05, 0) is 40.4 Å². The zero-order valence-corrected chi connectivity index (χ0v) is 10.2. The van der Waals surface area contributed by atoms with Gasteiger partial charge in [-0.25, -0.2) is 10.3 Å². The van der Waals surface area contributed by atoms with E-state index in [1.165, 1.54) is 0 Å². The molecule has 78 valence electrons. The number of carbonyl (C=O) groups excluding carboxylic acids is 1. The van der Waals surface area contributed by atoms with E-state index < -0.39 is 20.0 Å². The standard InChI is InChI=1S/C8H19NO3Si/c1-8(2,3)11-7(10)9-12-13(4,5)6/h1-6H3,(H,9,10). The summed E-state index contributed by atoms with van der Waals surface area (Å²) < 4.78 is 10.1. The Kier molecular flexibility index (Phi) is 3.93. The topological polar surface area (TPSA) is 47.6 Å². The van der Waals surface area contributed by atoms with Crippen molar-refractivity contribution in [1.29, 1.82) is 0 Å². The fourth-order valence-corrected chi connectivity index (χ4v) is 0.883. The third kappa shape index (κ3) is 9.36. The molecule has 1 N–H and O–H groups in total. The largest absolute Gasteiger partial charge is 0.442 e. The fraction of sp³-hybridized carbons (Fsp3) is 0.875. The van der Waals surface area contributed by atoms with Gasteiger partial charge in [0, 0.05) is 0 Å². The molecule has 1 amide bonds. The molecule has 5 heteroatoms. The Morgan fingerprint density at radius 3 is 2.00 bits per heavy atom. The van der Waals surface area contributed by atoms with Crippen LogP contribution in [-0.4, -0.2) is 20.0 Å². The van der Waals surface area contributed by atoms with Gasteiger partial charge in [0.1, 0.15) is 5.60 Å². The second kappa shape index (κ2) is 4.10. The lowest BCUT2D eigenvalue weighted by atomic mass is 10.2. The van der Waals surface area contributed by atoms with Gasteiger partial charge in [-0.3, -0.25) is 0 Å². The molecular weight excluding hydrogens is 186 g/mol. The number of hydroxylamine groups is 1. The zero-order chi connectivity index (χ0) is 10.7. The summed E-state index contributed by atoms with van der Waals surface area (Å²) in [6.07, 6.45) is -0.532. The highest BCUT2D eigenvalue weighted by atomic mass is 28.4. The van der Waals surface area contributed by atoms with Gasteiger partial charge in [-0.15, -0.1) is 0 Å². The lowest BCUT2D eigenvalue weighted by Gasteiger charge is -2.22. The number of nitrogens with one attached hydrogen (secondary N) is 1. The van der Waals surface area contributed by atoms with E-state index in [1.807, 2.05) is 19.6 Å². The SMILES string of the molecule is CC(C)(C)OC(=O)NO[Si](C)(C)C. The Morgan fingerprint density at radius 2 is 1.69 bits per heavy atom. The van der Waals surface area contributed by atoms with Gasteiger partial charge in [-0.2, -0.15) is 0 Å². The zero-order valence-electron chi connectivity index (χ0n) is 9.22. The van der Waals surface area contributed by atoms with E-state index >= 15 is 0 Å². The summed E-state index contributed by atoms with van der Waals surface area (Å²) in [4.78, 5) is 11.1. The van der Waals surface area contributed by atoms with E-state index in [4.69, 9.17) is 9.26 Å². The first-order chi connectivity index (χ1) is 5.60. The quantitative estimate of drug-likeness (QED) is 0.555. The van der Waals surface area contributed by atoms with Gasteiger partial charge < -0.3 is 9.26 Å². The molecule has 0 aliphatic carbocycles. The Bertz CT molecular complexity index is 181. The van der Waals surface area contributed by atoms with E-state index in [9.17, 15) is 4.79 Å². The molecule has 0 aromatic heterocycles. The van der Waals surface area contributed by atoms with Crippen LogP contribution in [0.15, 0.2) is 0 Å². The lowest BCUT2D eigenvalue weighted by molar-refractivity contribution is 0.0270. The van der Waals surface area contributed by atoms with Gasteiger partial charge in [0.15, 0.2) is 0 Å². The second-order valence-corrected chi connectivity index (χ2v) is 9.25.